The molecule has 1 aliphatic rings. The molecule has 2 aromatic rings. The zero-order chi connectivity index (χ0) is 9.71. The molecular weight excluding hydrogens is 178 g/mol. The van der Waals surface area contributed by atoms with Crippen molar-refractivity contribution in [1.82, 2.24) is 14.6 Å². The zero-order valence-electron chi connectivity index (χ0n) is 7.95. The van der Waals surface area contributed by atoms with Crippen LogP contribution in [0.1, 0.15) is 30.0 Å². The molecule has 4 nitrogen and oxygen atoms in total. The Morgan fingerprint density at radius 3 is 3.07 bits per heavy atom. The second kappa shape index (κ2) is 2.47. The molecule has 72 valence electrons. The summed E-state index contributed by atoms with van der Waals surface area (Å²) in [7, 11) is 0. The van der Waals surface area contributed by atoms with Crippen molar-refractivity contribution in [2.75, 3.05) is 0 Å². The van der Waals surface area contributed by atoms with Crippen molar-refractivity contribution >= 4 is 5.65 Å². The van der Waals surface area contributed by atoms with Gasteiger partial charge in [0.05, 0.1) is 0 Å². The van der Waals surface area contributed by atoms with Crippen molar-refractivity contribution in [3.63, 3.8) is 0 Å². The highest BCUT2D eigenvalue weighted by Crippen LogP contribution is 2.39. The molecule has 0 spiro atoms. The predicted molar refractivity (Wildman–Crippen MR) is 52.5 cm³/mol. The number of hydrogen-bond donors (Lipinski definition) is 1. The number of hydrogen-bond acceptors (Lipinski definition) is 2. The van der Waals surface area contributed by atoms with Crippen LogP contribution in [-0.4, -0.2) is 14.6 Å². The van der Waals surface area contributed by atoms with E-state index in [1.54, 1.807) is 6.20 Å². The number of H-pyrrole nitrogens is 1. The normalized spacial score (nSPS) is 16.4. The first-order valence-electron chi connectivity index (χ1n) is 4.84. The summed E-state index contributed by atoms with van der Waals surface area (Å²) in [5, 5.41) is 2.88. The summed E-state index contributed by atoms with van der Waals surface area (Å²) in [5.41, 5.74) is 2.55. The predicted octanol–water partition coefficient (Wildman–Crippen LogP) is 1.21. The summed E-state index contributed by atoms with van der Waals surface area (Å²) < 4.78 is 1.51. The summed E-state index contributed by atoms with van der Waals surface area (Å²) in [6, 6.07) is 1.81. The van der Waals surface area contributed by atoms with Gasteiger partial charge in [-0.05, 0) is 25.7 Å². The number of aromatic nitrogens is 3. The lowest BCUT2D eigenvalue weighted by Gasteiger charge is -2.02. The number of aryl methyl sites for hydroxylation is 1. The quantitative estimate of drug-likeness (QED) is 0.733. The van der Waals surface area contributed by atoms with E-state index in [0.29, 0.717) is 11.6 Å². The van der Waals surface area contributed by atoms with Crippen LogP contribution in [0, 0.1) is 6.92 Å². The molecular formula is C10H11N3O. The van der Waals surface area contributed by atoms with Crippen LogP contribution in [0.2, 0.25) is 0 Å². The molecule has 0 aromatic carbocycles. The molecule has 0 atom stereocenters. The molecule has 2 heterocycles. The van der Waals surface area contributed by atoms with E-state index < -0.39 is 0 Å². The Balaban J connectivity index is 2.42. The van der Waals surface area contributed by atoms with Crippen LogP contribution in [0.4, 0.5) is 0 Å². The Kier molecular flexibility index (Phi) is 1.37. The Morgan fingerprint density at radius 2 is 2.36 bits per heavy atom. The van der Waals surface area contributed by atoms with Crippen LogP contribution in [0.3, 0.4) is 0 Å². The van der Waals surface area contributed by atoms with Gasteiger partial charge in [0.1, 0.15) is 0 Å². The van der Waals surface area contributed by atoms with Crippen LogP contribution < -0.4 is 5.56 Å². The largest absolute Gasteiger partial charge is 0.297 e. The molecule has 0 unspecified atom stereocenters. The van der Waals surface area contributed by atoms with Crippen molar-refractivity contribution in [3.05, 3.63) is 33.9 Å². The van der Waals surface area contributed by atoms with Crippen molar-refractivity contribution < 1.29 is 0 Å². The van der Waals surface area contributed by atoms with E-state index in [4.69, 9.17) is 0 Å². The first kappa shape index (κ1) is 7.79. The maximum absolute atomic E-state index is 12.0. The van der Waals surface area contributed by atoms with Gasteiger partial charge in [-0.15, -0.1) is 0 Å². The van der Waals surface area contributed by atoms with E-state index in [-0.39, 0.29) is 5.56 Å². The van der Waals surface area contributed by atoms with Crippen LogP contribution in [0.15, 0.2) is 17.1 Å². The highest BCUT2D eigenvalue weighted by molar-refractivity contribution is 5.40. The lowest BCUT2D eigenvalue weighted by molar-refractivity contribution is 0.849. The minimum atomic E-state index is 0.0694. The van der Waals surface area contributed by atoms with E-state index >= 15 is 0 Å². The third-order valence-electron chi connectivity index (χ3n) is 2.76. The second-order valence-corrected chi connectivity index (χ2v) is 3.85. The minimum absolute atomic E-state index is 0.0694. The molecule has 1 fully saturated rings. The average Bonchev–Trinajstić information content (AvgIpc) is 2.84. The minimum Gasteiger partial charge on any atom is -0.297 e. The second-order valence-electron chi connectivity index (χ2n) is 3.85. The highest BCUT2D eigenvalue weighted by Gasteiger charge is 2.29. The van der Waals surface area contributed by atoms with E-state index in [2.05, 4.69) is 10.1 Å². The van der Waals surface area contributed by atoms with E-state index in [1.807, 2.05) is 13.0 Å². The molecule has 0 amide bonds. The Bertz CT molecular complexity index is 548. The molecule has 0 saturated heterocycles. The van der Waals surface area contributed by atoms with Crippen LogP contribution >= 0.6 is 0 Å². The molecule has 1 N–H and O–H groups in total. The third kappa shape index (κ3) is 0.937. The van der Waals surface area contributed by atoms with E-state index in [1.165, 1.54) is 4.52 Å². The first-order chi connectivity index (χ1) is 6.77. The summed E-state index contributed by atoms with van der Waals surface area (Å²) in [6.07, 6.45) is 3.99. The molecule has 0 radical (unpaired) electrons. The summed E-state index contributed by atoms with van der Waals surface area (Å²) in [5.74, 6) is 0.454. The monoisotopic (exact) mass is 189 g/mol. The van der Waals surface area contributed by atoms with Gasteiger partial charge < -0.3 is 0 Å². The number of nitrogens with zero attached hydrogens (tertiary/aromatic N) is 2. The number of fused-ring (bicyclic) bond motifs is 1. The molecule has 4 heteroatoms. The van der Waals surface area contributed by atoms with Crippen LogP contribution in [0.5, 0.6) is 0 Å². The van der Waals surface area contributed by atoms with Crippen molar-refractivity contribution in [3.8, 4) is 0 Å². The average molecular weight is 189 g/mol. The fraction of sp³-hybridized carbons (Fsp3) is 0.400. The van der Waals surface area contributed by atoms with Gasteiger partial charge in [-0.3, -0.25) is 9.89 Å². The van der Waals surface area contributed by atoms with E-state index in [9.17, 15) is 4.79 Å². The van der Waals surface area contributed by atoms with Gasteiger partial charge in [0.2, 0.25) is 0 Å². The Labute approximate surface area is 80.6 Å². The molecule has 2 aromatic heterocycles. The van der Waals surface area contributed by atoms with Crippen LogP contribution in [0.25, 0.3) is 5.65 Å². The Morgan fingerprint density at radius 1 is 1.57 bits per heavy atom. The van der Waals surface area contributed by atoms with Gasteiger partial charge >= 0.3 is 0 Å². The molecule has 0 aliphatic heterocycles. The molecule has 3 rings (SSSR count). The summed E-state index contributed by atoms with van der Waals surface area (Å²) in [6.45, 7) is 1.92. The highest BCUT2D eigenvalue weighted by atomic mass is 16.1. The molecule has 14 heavy (non-hydrogen) atoms. The maximum Gasteiger partial charge on any atom is 0.276 e. The lowest BCUT2D eigenvalue weighted by Crippen LogP contribution is -2.21. The van der Waals surface area contributed by atoms with Gasteiger partial charge in [-0.25, -0.2) is 9.50 Å². The van der Waals surface area contributed by atoms with Crippen molar-refractivity contribution in [1.29, 1.82) is 0 Å². The van der Waals surface area contributed by atoms with E-state index in [0.717, 1.165) is 24.1 Å². The zero-order valence-corrected chi connectivity index (χ0v) is 7.95. The van der Waals surface area contributed by atoms with Gasteiger partial charge in [0.15, 0.2) is 5.65 Å². The van der Waals surface area contributed by atoms with Gasteiger partial charge in [-0.1, -0.05) is 0 Å². The van der Waals surface area contributed by atoms with Crippen molar-refractivity contribution in [2.45, 2.75) is 25.7 Å². The summed E-state index contributed by atoms with van der Waals surface area (Å²) in [4.78, 5) is 16.4. The first-order valence-corrected chi connectivity index (χ1v) is 4.84. The fourth-order valence-electron chi connectivity index (χ4n) is 1.93. The lowest BCUT2D eigenvalue weighted by atomic mass is 10.1. The molecule has 1 aliphatic carbocycles. The standard InChI is InChI=1S/C10H11N3O/c1-6-9(7-2-3-7)10(14)13-8(12-6)4-5-11-13/h4-5,7,11H,2-3H2,1H3. The number of aromatic amines is 1. The summed E-state index contributed by atoms with van der Waals surface area (Å²) >= 11 is 0. The van der Waals surface area contributed by atoms with Gasteiger partial charge in [0.25, 0.3) is 5.56 Å². The maximum atomic E-state index is 12.0. The topological polar surface area (TPSA) is 50.2 Å². The third-order valence-corrected chi connectivity index (χ3v) is 2.76. The van der Waals surface area contributed by atoms with Crippen molar-refractivity contribution in [2.24, 2.45) is 0 Å². The SMILES string of the molecule is Cc1nc2cc[nH]n2c(=O)c1C1CC1. The Hall–Kier alpha value is -1.58. The smallest absolute Gasteiger partial charge is 0.276 e. The van der Waals surface area contributed by atoms with Crippen LogP contribution in [-0.2, 0) is 0 Å². The molecule has 0 bridgehead atoms. The fourth-order valence-corrected chi connectivity index (χ4v) is 1.93. The molecule has 1 saturated carbocycles. The number of nitrogens with one attached hydrogen (secondary N) is 1. The number of rotatable bonds is 1. The van der Waals surface area contributed by atoms with Gasteiger partial charge in [0, 0.05) is 23.5 Å². The van der Waals surface area contributed by atoms with Gasteiger partial charge in [-0.2, -0.15) is 0 Å².